The second-order valence-corrected chi connectivity index (χ2v) is 6.01. The van der Waals surface area contributed by atoms with Crippen LogP contribution in [0, 0.1) is 5.41 Å². The molecule has 110 valence electrons. The topological polar surface area (TPSA) is 46.3 Å². The van der Waals surface area contributed by atoms with E-state index < -0.39 is 5.41 Å². The van der Waals surface area contributed by atoms with Gasteiger partial charge in [-0.25, -0.2) is 0 Å². The zero-order chi connectivity index (χ0) is 15.5. The van der Waals surface area contributed by atoms with Crippen molar-refractivity contribution in [2.75, 3.05) is 7.05 Å². The van der Waals surface area contributed by atoms with E-state index in [4.69, 9.17) is 29.6 Å². The van der Waals surface area contributed by atoms with Crippen molar-refractivity contribution in [3.05, 3.63) is 34.9 Å². The zero-order valence-electron chi connectivity index (χ0n) is 12.3. The number of thiocarbonyl (C=S) groups is 1. The van der Waals surface area contributed by atoms with Gasteiger partial charge in [-0.1, -0.05) is 48.9 Å². The number of halogens is 1. The molecule has 0 aromatic heterocycles. The Kier molecular flexibility index (Phi) is 5.54. The van der Waals surface area contributed by atoms with Crippen LogP contribution < -0.4 is 5.73 Å². The summed E-state index contributed by atoms with van der Waals surface area (Å²) in [5.74, 6) is -0.0834. The fourth-order valence-electron chi connectivity index (χ4n) is 2.02. The SMILES string of the molecule is CCC(C)(C(=O)N(C)C(C)c1ccccc1Cl)C(N)=S. The molecule has 5 heteroatoms. The summed E-state index contributed by atoms with van der Waals surface area (Å²) in [6.45, 7) is 5.63. The lowest BCUT2D eigenvalue weighted by Crippen LogP contribution is -2.47. The first-order valence-corrected chi connectivity index (χ1v) is 7.36. The van der Waals surface area contributed by atoms with E-state index in [9.17, 15) is 4.79 Å². The lowest BCUT2D eigenvalue weighted by molar-refractivity contribution is -0.138. The highest BCUT2D eigenvalue weighted by Crippen LogP contribution is 2.31. The fraction of sp³-hybridized carbons (Fsp3) is 0.467. The predicted molar refractivity (Wildman–Crippen MR) is 87.8 cm³/mol. The van der Waals surface area contributed by atoms with Crippen LogP contribution in [0.15, 0.2) is 24.3 Å². The normalized spacial score (nSPS) is 15.2. The number of nitrogens with two attached hydrogens (primary N) is 1. The van der Waals surface area contributed by atoms with Crippen LogP contribution >= 0.6 is 23.8 Å². The van der Waals surface area contributed by atoms with Gasteiger partial charge in [-0.2, -0.15) is 0 Å². The number of nitrogens with zero attached hydrogens (tertiary/aromatic N) is 1. The Labute approximate surface area is 131 Å². The van der Waals surface area contributed by atoms with E-state index in [1.807, 2.05) is 38.1 Å². The van der Waals surface area contributed by atoms with Crippen molar-refractivity contribution in [1.29, 1.82) is 0 Å². The maximum absolute atomic E-state index is 12.7. The van der Waals surface area contributed by atoms with E-state index >= 15 is 0 Å². The van der Waals surface area contributed by atoms with Gasteiger partial charge in [-0.15, -0.1) is 0 Å². The minimum Gasteiger partial charge on any atom is -0.392 e. The van der Waals surface area contributed by atoms with Crippen LogP contribution in [0.1, 0.15) is 38.8 Å². The van der Waals surface area contributed by atoms with Crippen molar-refractivity contribution >= 4 is 34.7 Å². The summed E-state index contributed by atoms with van der Waals surface area (Å²) >= 11 is 11.2. The quantitative estimate of drug-likeness (QED) is 0.846. The lowest BCUT2D eigenvalue weighted by Gasteiger charge is -2.34. The predicted octanol–water partition coefficient (Wildman–Crippen LogP) is 3.56. The molecule has 0 aliphatic carbocycles. The molecule has 2 N–H and O–H groups in total. The number of rotatable bonds is 5. The summed E-state index contributed by atoms with van der Waals surface area (Å²) in [5.41, 5.74) is 5.84. The summed E-state index contributed by atoms with van der Waals surface area (Å²) < 4.78 is 0. The Morgan fingerprint density at radius 2 is 2.05 bits per heavy atom. The van der Waals surface area contributed by atoms with Gasteiger partial charge >= 0.3 is 0 Å². The van der Waals surface area contributed by atoms with Crippen LogP contribution in [-0.4, -0.2) is 22.8 Å². The average Bonchev–Trinajstić information content (AvgIpc) is 2.44. The molecular formula is C15H21ClN2OS. The molecule has 1 amide bonds. The summed E-state index contributed by atoms with van der Waals surface area (Å²) in [4.78, 5) is 14.6. The lowest BCUT2D eigenvalue weighted by atomic mass is 9.85. The third kappa shape index (κ3) is 3.13. The van der Waals surface area contributed by atoms with E-state index in [1.54, 1.807) is 18.9 Å². The molecule has 0 aliphatic rings. The number of hydrogen-bond donors (Lipinski definition) is 1. The zero-order valence-corrected chi connectivity index (χ0v) is 13.9. The summed E-state index contributed by atoms with van der Waals surface area (Å²) in [5, 5.41) is 0.646. The molecule has 20 heavy (non-hydrogen) atoms. The minimum atomic E-state index is -0.820. The summed E-state index contributed by atoms with van der Waals surface area (Å²) in [6, 6.07) is 7.37. The van der Waals surface area contributed by atoms with Crippen molar-refractivity contribution in [3.63, 3.8) is 0 Å². The Balaban J connectivity index is 3.06. The maximum atomic E-state index is 12.7. The van der Waals surface area contributed by atoms with Crippen molar-refractivity contribution in [3.8, 4) is 0 Å². The molecule has 0 heterocycles. The van der Waals surface area contributed by atoms with E-state index in [2.05, 4.69) is 0 Å². The van der Waals surface area contributed by atoms with Crippen LogP contribution in [-0.2, 0) is 4.79 Å². The smallest absolute Gasteiger partial charge is 0.235 e. The van der Waals surface area contributed by atoms with Crippen molar-refractivity contribution < 1.29 is 4.79 Å². The van der Waals surface area contributed by atoms with Crippen LogP contribution in [0.5, 0.6) is 0 Å². The molecule has 0 saturated carbocycles. The average molecular weight is 313 g/mol. The van der Waals surface area contributed by atoms with Crippen LogP contribution in [0.25, 0.3) is 0 Å². The third-order valence-electron chi connectivity index (χ3n) is 3.98. The first-order chi connectivity index (χ1) is 9.25. The van der Waals surface area contributed by atoms with Crippen molar-refractivity contribution in [2.45, 2.75) is 33.2 Å². The number of carbonyl (C=O) groups is 1. The van der Waals surface area contributed by atoms with Crippen LogP contribution in [0.2, 0.25) is 5.02 Å². The number of hydrogen-bond acceptors (Lipinski definition) is 2. The van der Waals surface area contributed by atoms with Gasteiger partial charge in [0.2, 0.25) is 5.91 Å². The Morgan fingerprint density at radius 1 is 1.50 bits per heavy atom. The Bertz CT molecular complexity index is 520. The van der Waals surface area contributed by atoms with Crippen molar-refractivity contribution in [2.24, 2.45) is 11.1 Å². The molecule has 0 radical (unpaired) electrons. The second-order valence-electron chi connectivity index (χ2n) is 5.16. The van der Waals surface area contributed by atoms with Gasteiger partial charge in [0.25, 0.3) is 0 Å². The van der Waals surface area contributed by atoms with Crippen LogP contribution in [0.4, 0.5) is 0 Å². The standard InChI is InChI=1S/C15H21ClN2OS/c1-5-15(3,13(17)20)14(19)18(4)10(2)11-8-6-7-9-12(11)16/h6-10H,5H2,1-4H3,(H2,17,20). The summed E-state index contributed by atoms with van der Waals surface area (Å²) in [6.07, 6.45) is 0.570. The van der Waals surface area contributed by atoms with Crippen molar-refractivity contribution in [1.82, 2.24) is 4.90 Å². The van der Waals surface area contributed by atoms with Gasteiger partial charge in [-0.05, 0) is 31.9 Å². The Morgan fingerprint density at radius 3 is 2.50 bits per heavy atom. The molecule has 0 bridgehead atoms. The largest absolute Gasteiger partial charge is 0.392 e. The molecule has 2 unspecified atom stereocenters. The third-order valence-corrected chi connectivity index (χ3v) is 4.77. The second kappa shape index (κ2) is 6.55. The number of benzene rings is 1. The highest BCUT2D eigenvalue weighted by atomic mass is 35.5. The van der Waals surface area contributed by atoms with Gasteiger partial charge in [0.05, 0.1) is 16.4 Å². The van der Waals surface area contributed by atoms with Gasteiger partial charge < -0.3 is 10.6 Å². The molecule has 3 nitrogen and oxygen atoms in total. The molecule has 0 fully saturated rings. The monoisotopic (exact) mass is 312 g/mol. The number of carbonyl (C=O) groups excluding carboxylic acids is 1. The van der Waals surface area contributed by atoms with Gasteiger partial charge in [0.15, 0.2) is 0 Å². The highest BCUT2D eigenvalue weighted by Gasteiger charge is 2.38. The van der Waals surface area contributed by atoms with E-state index in [0.717, 1.165) is 5.56 Å². The molecular weight excluding hydrogens is 292 g/mol. The van der Waals surface area contributed by atoms with E-state index in [1.165, 1.54) is 0 Å². The fourth-order valence-corrected chi connectivity index (χ4v) is 2.54. The molecule has 1 aromatic rings. The first-order valence-electron chi connectivity index (χ1n) is 6.57. The molecule has 0 spiro atoms. The highest BCUT2D eigenvalue weighted by molar-refractivity contribution is 7.80. The number of amides is 1. The maximum Gasteiger partial charge on any atom is 0.235 e. The first kappa shape index (κ1) is 16.9. The van der Waals surface area contributed by atoms with Gasteiger partial charge in [0.1, 0.15) is 0 Å². The van der Waals surface area contributed by atoms with Gasteiger partial charge in [0, 0.05) is 12.1 Å². The molecule has 1 rings (SSSR count). The van der Waals surface area contributed by atoms with E-state index in [0.29, 0.717) is 11.4 Å². The molecule has 2 atom stereocenters. The minimum absolute atomic E-state index is 0.0834. The molecule has 0 aliphatic heterocycles. The Hall–Kier alpha value is -1.13. The summed E-state index contributed by atoms with van der Waals surface area (Å²) in [7, 11) is 1.75. The van der Waals surface area contributed by atoms with Crippen LogP contribution in [0.3, 0.4) is 0 Å². The molecule has 0 saturated heterocycles. The van der Waals surface area contributed by atoms with E-state index in [-0.39, 0.29) is 16.9 Å². The molecule has 1 aromatic carbocycles. The van der Waals surface area contributed by atoms with Gasteiger partial charge in [-0.3, -0.25) is 4.79 Å².